The van der Waals surface area contributed by atoms with E-state index in [-0.39, 0.29) is 11.9 Å². The van der Waals surface area contributed by atoms with Crippen LogP contribution in [0.25, 0.3) is 0 Å². The third kappa shape index (κ3) is 3.79. The number of hydrogen-bond donors (Lipinski definition) is 1. The van der Waals surface area contributed by atoms with E-state index in [1.807, 2.05) is 6.07 Å². The first-order valence-corrected chi connectivity index (χ1v) is 6.35. The summed E-state index contributed by atoms with van der Waals surface area (Å²) in [7, 11) is 0. The van der Waals surface area contributed by atoms with Crippen molar-refractivity contribution in [2.75, 3.05) is 13.2 Å². The molecule has 17 heavy (non-hydrogen) atoms. The van der Waals surface area contributed by atoms with Crippen molar-refractivity contribution in [1.82, 2.24) is 5.32 Å². The van der Waals surface area contributed by atoms with Gasteiger partial charge in [0.1, 0.15) is 5.82 Å². The Morgan fingerprint density at radius 1 is 1.35 bits per heavy atom. The van der Waals surface area contributed by atoms with Gasteiger partial charge in [0.25, 0.3) is 0 Å². The molecule has 0 amide bonds. The van der Waals surface area contributed by atoms with Crippen LogP contribution in [0.1, 0.15) is 37.8 Å². The van der Waals surface area contributed by atoms with Gasteiger partial charge in [0.2, 0.25) is 0 Å². The molecule has 1 fully saturated rings. The van der Waals surface area contributed by atoms with Crippen LogP contribution >= 0.6 is 0 Å². The largest absolute Gasteiger partial charge is 0.381 e. The van der Waals surface area contributed by atoms with E-state index >= 15 is 0 Å². The summed E-state index contributed by atoms with van der Waals surface area (Å²) in [5, 5.41) is 3.56. The number of benzene rings is 1. The van der Waals surface area contributed by atoms with Crippen molar-refractivity contribution in [3.8, 4) is 0 Å². The highest BCUT2D eigenvalue weighted by Gasteiger charge is 2.15. The first kappa shape index (κ1) is 12.5. The lowest BCUT2D eigenvalue weighted by atomic mass is 10.0. The summed E-state index contributed by atoms with van der Waals surface area (Å²) in [6, 6.07) is 7.48. The van der Waals surface area contributed by atoms with Gasteiger partial charge in [-0.1, -0.05) is 12.1 Å². The van der Waals surface area contributed by atoms with Gasteiger partial charge < -0.3 is 10.1 Å². The Hall–Kier alpha value is -0.930. The van der Waals surface area contributed by atoms with Gasteiger partial charge in [0, 0.05) is 25.3 Å². The average Bonchev–Trinajstić information content (AvgIpc) is 2.57. The molecule has 94 valence electrons. The van der Waals surface area contributed by atoms with Crippen LogP contribution in [0.3, 0.4) is 0 Å². The molecular formula is C14H20FNO. The van der Waals surface area contributed by atoms with E-state index in [0.717, 1.165) is 38.0 Å². The molecule has 0 aromatic heterocycles. The summed E-state index contributed by atoms with van der Waals surface area (Å²) in [6.45, 7) is 3.78. The number of rotatable bonds is 3. The van der Waals surface area contributed by atoms with Gasteiger partial charge in [-0.2, -0.15) is 0 Å². The lowest BCUT2D eigenvalue weighted by molar-refractivity contribution is 0.142. The van der Waals surface area contributed by atoms with Crippen LogP contribution < -0.4 is 5.32 Å². The summed E-state index contributed by atoms with van der Waals surface area (Å²) >= 11 is 0. The molecule has 2 rings (SSSR count). The molecule has 0 bridgehead atoms. The highest BCUT2D eigenvalue weighted by atomic mass is 19.1. The Morgan fingerprint density at radius 3 is 3.06 bits per heavy atom. The van der Waals surface area contributed by atoms with Crippen LogP contribution in [0.15, 0.2) is 24.3 Å². The highest BCUT2D eigenvalue weighted by molar-refractivity contribution is 5.19. The van der Waals surface area contributed by atoms with E-state index in [2.05, 4.69) is 12.2 Å². The summed E-state index contributed by atoms with van der Waals surface area (Å²) in [4.78, 5) is 0. The standard InChI is InChI=1S/C14H20FNO/c1-11(12-4-2-5-13(15)10-12)16-14-6-3-8-17-9-7-14/h2,4-5,10-11,14,16H,3,6-9H2,1H3/t11-,14?/m1/s1. The van der Waals surface area contributed by atoms with Crippen molar-refractivity contribution in [3.63, 3.8) is 0 Å². The fourth-order valence-electron chi connectivity index (χ4n) is 2.30. The molecule has 3 heteroatoms. The van der Waals surface area contributed by atoms with E-state index in [9.17, 15) is 4.39 Å². The fraction of sp³-hybridized carbons (Fsp3) is 0.571. The summed E-state index contributed by atoms with van der Waals surface area (Å²) in [6.07, 6.45) is 3.28. The highest BCUT2D eigenvalue weighted by Crippen LogP contribution is 2.17. The Labute approximate surface area is 102 Å². The first-order chi connectivity index (χ1) is 8.25. The van der Waals surface area contributed by atoms with Crippen molar-refractivity contribution >= 4 is 0 Å². The molecule has 1 aromatic carbocycles. The van der Waals surface area contributed by atoms with Gasteiger partial charge in [-0.25, -0.2) is 4.39 Å². The monoisotopic (exact) mass is 237 g/mol. The molecule has 2 atom stereocenters. The van der Waals surface area contributed by atoms with Crippen LogP contribution in [0, 0.1) is 5.82 Å². The summed E-state index contributed by atoms with van der Waals surface area (Å²) in [5.41, 5.74) is 1.01. The molecule has 1 unspecified atom stereocenters. The minimum Gasteiger partial charge on any atom is -0.381 e. The van der Waals surface area contributed by atoms with Gasteiger partial charge in [0.15, 0.2) is 0 Å². The Bertz CT molecular complexity index is 348. The van der Waals surface area contributed by atoms with Crippen molar-refractivity contribution in [2.45, 2.75) is 38.3 Å². The van der Waals surface area contributed by atoms with E-state index in [4.69, 9.17) is 4.74 Å². The zero-order valence-electron chi connectivity index (χ0n) is 10.3. The van der Waals surface area contributed by atoms with E-state index < -0.39 is 0 Å². The van der Waals surface area contributed by atoms with Gasteiger partial charge in [-0.3, -0.25) is 0 Å². The lowest BCUT2D eigenvalue weighted by Crippen LogP contribution is -2.31. The van der Waals surface area contributed by atoms with Gasteiger partial charge >= 0.3 is 0 Å². The minimum absolute atomic E-state index is 0.166. The molecular weight excluding hydrogens is 217 g/mol. The van der Waals surface area contributed by atoms with Crippen LogP contribution in [-0.2, 0) is 4.74 Å². The number of ether oxygens (including phenoxy) is 1. The molecule has 0 aliphatic carbocycles. The van der Waals surface area contributed by atoms with Gasteiger partial charge in [-0.15, -0.1) is 0 Å². The van der Waals surface area contributed by atoms with Crippen LogP contribution in [0.5, 0.6) is 0 Å². The molecule has 1 aliphatic heterocycles. The van der Waals surface area contributed by atoms with Crippen LogP contribution in [0.2, 0.25) is 0 Å². The normalized spacial score (nSPS) is 23.1. The van der Waals surface area contributed by atoms with E-state index in [0.29, 0.717) is 6.04 Å². The van der Waals surface area contributed by atoms with Crippen LogP contribution in [-0.4, -0.2) is 19.3 Å². The molecule has 0 radical (unpaired) electrons. The SMILES string of the molecule is C[C@@H](NC1CCCOCC1)c1cccc(F)c1. The summed E-state index contributed by atoms with van der Waals surface area (Å²) in [5.74, 6) is -0.166. The maximum Gasteiger partial charge on any atom is 0.123 e. The number of halogens is 1. The van der Waals surface area contributed by atoms with Gasteiger partial charge in [-0.05, 0) is 43.9 Å². The summed E-state index contributed by atoms with van der Waals surface area (Å²) < 4.78 is 18.6. The Morgan fingerprint density at radius 2 is 2.24 bits per heavy atom. The zero-order chi connectivity index (χ0) is 12.1. The average molecular weight is 237 g/mol. The Balaban J connectivity index is 1.93. The molecule has 1 saturated heterocycles. The second kappa shape index (κ2) is 6.12. The molecule has 0 saturated carbocycles. The molecule has 0 spiro atoms. The molecule has 1 heterocycles. The maximum absolute atomic E-state index is 13.1. The predicted octanol–water partition coefficient (Wildman–Crippen LogP) is 3.05. The molecule has 1 aliphatic rings. The molecule has 2 nitrogen and oxygen atoms in total. The van der Waals surface area contributed by atoms with Crippen molar-refractivity contribution in [2.24, 2.45) is 0 Å². The molecule has 1 N–H and O–H groups in total. The number of nitrogens with one attached hydrogen (secondary N) is 1. The third-order valence-electron chi connectivity index (χ3n) is 3.29. The Kier molecular flexibility index (Phi) is 4.51. The fourth-order valence-corrected chi connectivity index (χ4v) is 2.30. The first-order valence-electron chi connectivity index (χ1n) is 6.35. The second-order valence-electron chi connectivity index (χ2n) is 4.68. The van der Waals surface area contributed by atoms with Crippen molar-refractivity contribution in [3.05, 3.63) is 35.6 Å². The van der Waals surface area contributed by atoms with Crippen molar-refractivity contribution in [1.29, 1.82) is 0 Å². The lowest BCUT2D eigenvalue weighted by Gasteiger charge is -2.22. The third-order valence-corrected chi connectivity index (χ3v) is 3.29. The zero-order valence-corrected chi connectivity index (χ0v) is 10.3. The second-order valence-corrected chi connectivity index (χ2v) is 4.68. The van der Waals surface area contributed by atoms with Crippen LogP contribution in [0.4, 0.5) is 4.39 Å². The quantitative estimate of drug-likeness (QED) is 0.872. The topological polar surface area (TPSA) is 21.3 Å². The minimum atomic E-state index is -0.166. The predicted molar refractivity (Wildman–Crippen MR) is 66.4 cm³/mol. The van der Waals surface area contributed by atoms with E-state index in [1.165, 1.54) is 6.07 Å². The van der Waals surface area contributed by atoms with Crippen molar-refractivity contribution < 1.29 is 9.13 Å². The smallest absolute Gasteiger partial charge is 0.123 e. The number of hydrogen-bond acceptors (Lipinski definition) is 2. The molecule has 1 aromatic rings. The van der Waals surface area contributed by atoms with E-state index in [1.54, 1.807) is 12.1 Å². The van der Waals surface area contributed by atoms with Gasteiger partial charge in [0.05, 0.1) is 0 Å². The maximum atomic E-state index is 13.1.